The number of carbonyl (C=O) groups excluding carboxylic acids is 2. The van der Waals surface area contributed by atoms with Crippen LogP contribution >= 0.6 is 11.0 Å². The molecule has 7 rings (SSSR count). The number of nitrogens with two attached hydrogens (primary N) is 1. The lowest BCUT2D eigenvalue weighted by atomic mass is 9.47. The number of amides is 2. The number of carbonyl (C=O) groups is 2. The molecule has 10 nitrogen and oxygen atoms in total. The first-order valence-electron chi connectivity index (χ1n) is 11.6. The van der Waals surface area contributed by atoms with E-state index < -0.39 is 16.4 Å². The van der Waals surface area contributed by atoms with Gasteiger partial charge in [0, 0.05) is 24.1 Å². The molecule has 1 saturated heterocycles. The van der Waals surface area contributed by atoms with E-state index in [0.717, 1.165) is 32.1 Å². The maximum absolute atomic E-state index is 13.0. The molecule has 5 fully saturated rings. The summed E-state index contributed by atoms with van der Waals surface area (Å²) in [6, 6.07) is 5.25. The van der Waals surface area contributed by atoms with Gasteiger partial charge in [-0.1, -0.05) is 0 Å². The van der Waals surface area contributed by atoms with Crippen molar-refractivity contribution in [3.05, 3.63) is 18.2 Å². The fourth-order valence-corrected chi connectivity index (χ4v) is 8.64. The molecular weight excluding hydrogens is 448 g/mol. The molecule has 33 heavy (non-hydrogen) atoms. The predicted octanol–water partition coefficient (Wildman–Crippen LogP) is 1.91. The van der Waals surface area contributed by atoms with Crippen molar-refractivity contribution in [2.45, 2.75) is 38.1 Å². The van der Waals surface area contributed by atoms with E-state index in [1.165, 1.54) is 8.61 Å². The number of ether oxygens (including phenoxy) is 2. The van der Waals surface area contributed by atoms with Crippen LogP contribution in [-0.2, 0) is 9.59 Å². The van der Waals surface area contributed by atoms with Crippen molar-refractivity contribution in [2.24, 2.45) is 28.9 Å². The Bertz CT molecular complexity index is 989. The van der Waals surface area contributed by atoms with Gasteiger partial charge in [0.05, 0.1) is 18.8 Å². The summed E-state index contributed by atoms with van der Waals surface area (Å²) in [5.41, 5.74) is 5.98. The SMILES string of the molecule is NC(=O)C12CC3CC(C1)C(NC(=O)CN1CCN(c4ccc5c(c4)OCO5)S1(O)O)C(C3)C2. The van der Waals surface area contributed by atoms with Crippen LogP contribution in [0.25, 0.3) is 0 Å². The van der Waals surface area contributed by atoms with Gasteiger partial charge in [-0.25, -0.2) is 0 Å². The molecule has 4 bridgehead atoms. The zero-order chi connectivity index (χ0) is 23.0. The summed E-state index contributed by atoms with van der Waals surface area (Å²) in [6.07, 6.45) is 4.43. The topological polar surface area (TPSA) is 138 Å². The van der Waals surface area contributed by atoms with E-state index in [4.69, 9.17) is 15.2 Å². The van der Waals surface area contributed by atoms with Gasteiger partial charge in [0.15, 0.2) is 11.5 Å². The van der Waals surface area contributed by atoms with Crippen molar-refractivity contribution in [1.29, 1.82) is 0 Å². The summed E-state index contributed by atoms with van der Waals surface area (Å²) in [5, 5.41) is 3.17. The Morgan fingerprint density at radius 3 is 2.58 bits per heavy atom. The molecular formula is C22H30N4O6S. The Morgan fingerprint density at radius 2 is 1.85 bits per heavy atom. The second kappa shape index (κ2) is 7.39. The summed E-state index contributed by atoms with van der Waals surface area (Å²) < 4.78 is 35.6. The molecule has 0 spiro atoms. The first-order valence-corrected chi connectivity index (χ1v) is 13.0. The minimum absolute atomic E-state index is 0.0240. The normalized spacial score (nSPS) is 36.7. The van der Waals surface area contributed by atoms with Crippen LogP contribution < -0.4 is 24.8 Å². The van der Waals surface area contributed by atoms with E-state index >= 15 is 0 Å². The molecule has 2 aliphatic heterocycles. The Labute approximate surface area is 194 Å². The van der Waals surface area contributed by atoms with Gasteiger partial charge in [0.1, 0.15) is 0 Å². The molecule has 2 amide bonds. The number of hydrogen-bond acceptors (Lipinski definition) is 8. The number of fused-ring (bicyclic) bond motifs is 1. The third-order valence-corrected chi connectivity index (χ3v) is 10.3. The van der Waals surface area contributed by atoms with Crippen molar-refractivity contribution in [1.82, 2.24) is 9.62 Å². The first-order chi connectivity index (χ1) is 15.7. The molecule has 4 aliphatic carbocycles. The highest BCUT2D eigenvalue weighted by atomic mass is 32.3. The summed E-state index contributed by atoms with van der Waals surface area (Å²) >= 11 is 0. The highest BCUT2D eigenvalue weighted by Crippen LogP contribution is 2.60. The Hall–Kier alpha value is -2.21. The smallest absolute Gasteiger partial charge is 0.236 e. The van der Waals surface area contributed by atoms with Gasteiger partial charge in [-0.2, -0.15) is 4.31 Å². The molecule has 1 aromatic carbocycles. The number of nitrogens with zero attached hydrogens (tertiary/aromatic N) is 2. The van der Waals surface area contributed by atoms with Crippen LogP contribution in [0.2, 0.25) is 0 Å². The maximum atomic E-state index is 13.0. The molecule has 2 atom stereocenters. The second-order valence-electron chi connectivity index (χ2n) is 10.2. The van der Waals surface area contributed by atoms with E-state index in [2.05, 4.69) is 5.32 Å². The summed E-state index contributed by atoms with van der Waals surface area (Å²) in [7, 11) is -3.33. The van der Waals surface area contributed by atoms with Crippen LogP contribution in [-0.4, -0.2) is 57.7 Å². The van der Waals surface area contributed by atoms with Crippen LogP contribution in [0.5, 0.6) is 11.5 Å². The molecule has 2 heterocycles. The lowest BCUT2D eigenvalue weighted by molar-refractivity contribution is -0.147. The number of hydrogen-bond donors (Lipinski definition) is 4. The summed E-state index contributed by atoms with van der Waals surface area (Å²) in [6.45, 7) is 0.789. The molecule has 4 saturated carbocycles. The van der Waals surface area contributed by atoms with Gasteiger partial charge in [0.25, 0.3) is 0 Å². The van der Waals surface area contributed by atoms with Crippen molar-refractivity contribution in [3.8, 4) is 11.5 Å². The zero-order valence-electron chi connectivity index (χ0n) is 18.3. The largest absolute Gasteiger partial charge is 0.454 e. The third kappa shape index (κ3) is 3.36. The van der Waals surface area contributed by atoms with Gasteiger partial charge in [-0.05, 0) is 73.0 Å². The Balaban J connectivity index is 1.12. The molecule has 2 unspecified atom stereocenters. The number of nitrogens with one attached hydrogen (secondary N) is 1. The molecule has 180 valence electrons. The molecule has 1 aromatic rings. The van der Waals surface area contributed by atoms with Crippen molar-refractivity contribution >= 4 is 28.5 Å². The van der Waals surface area contributed by atoms with Gasteiger partial charge >= 0.3 is 0 Å². The van der Waals surface area contributed by atoms with Gasteiger partial charge < -0.3 is 20.5 Å². The molecule has 0 aromatic heterocycles. The van der Waals surface area contributed by atoms with E-state index in [1.54, 1.807) is 18.2 Å². The van der Waals surface area contributed by atoms with E-state index in [-0.39, 0.29) is 43.0 Å². The van der Waals surface area contributed by atoms with Crippen molar-refractivity contribution in [3.63, 3.8) is 0 Å². The van der Waals surface area contributed by atoms with Crippen LogP contribution in [0.1, 0.15) is 32.1 Å². The van der Waals surface area contributed by atoms with Gasteiger partial charge in [-0.3, -0.25) is 23.0 Å². The second-order valence-corrected chi connectivity index (χ2v) is 12.1. The van der Waals surface area contributed by atoms with E-state index in [9.17, 15) is 18.7 Å². The van der Waals surface area contributed by atoms with Gasteiger partial charge in [0.2, 0.25) is 18.6 Å². The average Bonchev–Trinajstić information content (AvgIpc) is 3.33. The van der Waals surface area contributed by atoms with Crippen LogP contribution in [0.15, 0.2) is 18.2 Å². The molecule has 6 aliphatic rings. The first kappa shape index (κ1) is 21.3. The molecule has 5 N–H and O–H groups in total. The van der Waals surface area contributed by atoms with E-state index in [1.807, 2.05) is 0 Å². The quantitative estimate of drug-likeness (QED) is 0.504. The number of benzene rings is 1. The van der Waals surface area contributed by atoms with Crippen LogP contribution in [0, 0.1) is 23.2 Å². The van der Waals surface area contributed by atoms with Crippen molar-refractivity contribution in [2.75, 3.05) is 30.7 Å². The highest BCUT2D eigenvalue weighted by Gasteiger charge is 2.58. The molecule has 11 heteroatoms. The van der Waals surface area contributed by atoms with E-state index in [0.29, 0.717) is 36.2 Å². The minimum atomic E-state index is -3.33. The summed E-state index contributed by atoms with van der Waals surface area (Å²) in [4.78, 5) is 25.1. The average molecular weight is 479 g/mol. The Morgan fingerprint density at radius 1 is 1.12 bits per heavy atom. The van der Waals surface area contributed by atoms with Crippen molar-refractivity contribution < 1.29 is 28.2 Å². The fraction of sp³-hybridized carbons (Fsp3) is 0.636. The van der Waals surface area contributed by atoms with Gasteiger partial charge in [-0.15, -0.1) is 0 Å². The maximum Gasteiger partial charge on any atom is 0.236 e. The van der Waals surface area contributed by atoms with Crippen LogP contribution in [0.4, 0.5) is 5.69 Å². The number of anilines is 1. The standard InChI is InChI=1S/C22H30N4O6S/c23-21(28)22-8-13-5-14(9-22)20(15(6-13)10-22)24-19(27)11-25-3-4-26(33(25,29)30)16-1-2-17-18(7-16)32-12-31-17/h1-2,7,13-15,20,29-30H,3-6,8-12H2,(H2,23,28)(H,24,27). The Kier molecular flexibility index (Phi) is 4.78. The zero-order valence-corrected chi connectivity index (χ0v) is 19.1. The van der Waals surface area contributed by atoms with Crippen LogP contribution in [0.3, 0.4) is 0 Å². The predicted molar refractivity (Wildman–Crippen MR) is 121 cm³/mol. The number of rotatable bonds is 5. The lowest BCUT2D eigenvalue weighted by Crippen LogP contribution is -2.62. The number of primary amides is 1. The third-order valence-electron chi connectivity index (χ3n) is 8.28. The monoisotopic (exact) mass is 478 g/mol. The molecule has 0 radical (unpaired) electrons. The highest BCUT2D eigenvalue weighted by molar-refractivity contribution is 8.23. The summed E-state index contributed by atoms with van der Waals surface area (Å²) in [5.74, 6) is 1.82. The minimum Gasteiger partial charge on any atom is -0.454 e. The lowest BCUT2D eigenvalue weighted by Gasteiger charge is -2.58. The fourth-order valence-electron chi connectivity index (χ4n) is 7.02.